The first-order valence-corrected chi connectivity index (χ1v) is 6.48. The largest absolute Gasteiger partial charge is 0.237 e. The lowest BCUT2D eigenvalue weighted by molar-refractivity contribution is 0.691. The predicted octanol–water partition coefficient (Wildman–Crippen LogP) is 3.62. The van der Waals surface area contributed by atoms with Gasteiger partial charge in [-0.3, -0.25) is 0 Å². The van der Waals surface area contributed by atoms with E-state index in [2.05, 4.69) is 0 Å². The van der Waals surface area contributed by atoms with E-state index in [4.69, 9.17) is 10.7 Å². The highest BCUT2D eigenvalue weighted by Crippen LogP contribution is 2.20. The Labute approximate surface area is 95.7 Å². The molecular weight excluding hydrogens is 228 g/mol. The highest BCUT2D eigenvalue weighted by atomic mass is 35.7. The number of rotatable bonds is 2. The molecule has 0 spiro atoms. The molecule has 1 nitrogen and oxygen atoms in total. The summed E-state index contributed by atoms with van der Waals surface area (Å²) in [5.74, 6) is 0. The van der Waals surface area contributed by atoms with Gasteiger partial charge in [0.15, 0.2) is 0 Å². The number of hydrogen-bond acceptors (Lipinski definition) is 1. The summed E-state index contributed by atoms with van der Waals surface area (Å²) in [5, 5.41) is 0. The molecule has 0 aromatic heterocycles. The van der Waals surface area contributed by atoms with Crippen molar-refractivity contribution in [3.8, 4) is 11.1 Å². The van der Waals surface area contributed by atoms with E-state index in [9.17, 15) is 4.21 Å². The second-order valence-electron chi connectivity index (χ2n) is 3.11. The molecule has 76 valence electrons. The first-order chi connectivity index (χ1) is 7.27. The van der Waals surface area contributed by atoms with Crippen molar-refractivity contribution in [2.24, 2.45) is 0 Å². The molecule has 1 atom stereocenters. The Bertz CT molecular complexity index is 465. The Morgan fingerprint density at radius 3 is 1.87 bits per heavy atom. The van der Waals surface area contributed by atoms with Gasteiger partial charge in [-0.1, -0.05) is 42.5 Å². The maximum absolute atomic E-state index is 11.0. The zero-order valence-electron chi connectivity index (χ0n) is 7.89. The van der Waals surface area contributed by atoms with Gasteiger partial charge in [0.05, 0.1) is 4.90 Å². The summed E-state index contributed by atoms with van der Waals surface area (Å²) in [6.45, 7) is 0. The first kappa shape index (κ1) is 10.4. The van der Waals surface area contributed by atoms with Crippen molar-refractivity contribution in [3.05, 3.63) is 54.6 Å². The summed E-state index contributed by atoms with van der Waals surface area (Å²) in [6.07, 6.45) is 0. The van der Waals surface area contributed by atoms with Gasteiger partial charge >= 0.3 is 0 Å². The van der Waals surface area contributed by atoms with E-state index in [1.807, 2.05) is 42.5 Å². The fourth-order valence-electron chi connectivity index (χ4n) is 1.38. The molecule has 0 heterocycles. The summed E-state index contributed by atoms with van der Waals surface area (Å²) >= 11 is 0. The third-order valence-corrected chi connectivity index (χ3v) is 3.32. The number of hydrogen-bond donors (Lipinski definition) is 0. The van der Waals surface area contributed by atoms with Crippen molar-refractivity contribution in [2.75, 3.05) is 0 Å². The van der Waals surface area contributed by atoms with E-state index in [0.29, 0.717) is 4.90 Å². The zero-order valence-corrected chi connectivity index (χ0v) is 9.46. The smallest absolute Gasteiger partial charge is 0.147 e. The van der Waals surface area contributed by atoms with Crippen molar-refractivity contribution in [3.63, 3.8) is 0 Å². The van der Waals surface area contributed by atoms with Crippen LogP contribution in [0.4, 0.5) is 0 Å². The molecule has 2 aromatic rings. The molecule has 0 saturated carbocycles. The minimum atomic E-state index is -1.42. The zero-order chi connectivity index (χ0) is 10.7. The molecule has 0 aliphatic rings. The lowest BCUT2D eigenvalue weighted by atomic mass is 10.1. The molecule has 15 heavy (non-hydrogen) atoms. The fraction of sp³-hybridized carbons (Fsp3) is 0. The standard InChI is InChI=1S/C12H9ClOS/c13-15(14)12-8-6-11(7-9-12)10-4-2-1-3-5-10/h1-9H. The van der Waals surface area contributed by atoms with Gasteiger partial charge in [0.1, 0.15) is 10.0 Å². The average molecular weight is 237 g/mol. The summed E-state index contributed by atoms with van der Waals surface area (Å²) in [6, 6.07) is 17.4. The maximum Gasteiger partial charge on any atom is 0.147 e. The van der Waals surface area contributed by atoms with Gasteiger partial charge in [-0.05, 0) is 33.9 Å². The van der Waals surface area contributed by atoms with Crippen molar-refractivity contribution in [1.82, 2.24) is 0 Å². The SMILES string of the molecule is O=S(Cl)c1ccc(-c2ccccc2)cc1. The Balaban J connectivity index is 2.36. The molecule has 0 amide bonds. The van der Waals surface area contributed by atoms with Crippen LogP contribution in [0.3, 0.4) is 0 Å². The van der Waals surface area contributed by atoms with E-state index in [1.54, 1.807) is 12.1 Å². The molecule has 0 bridgehead atoms. The third kappa shape index (κ3) is 2.46. The lowest BCUT2D eigenvalue weighted by Gasteiger charge is -2.01. The van der Waals surface area contributed by atoms with Gasteiger partial charge in [-0.15, -0.1) is 0 Å². The van der Waals surface area contributed by atoms with Crippen molar-refractivity contribution < 1.29 is 4.21 Å². The molecule has 3 heteroatoms. The predicted molar refractivity (Wildman–Crippen MR) is 64.1 cm³/mol. The Kier molecular flexibility index (Phi) is 3.19. The quantitative estimate of drug-likeness (QED) is 0.728. The van der Waals surface area contributed by atoms with E-state index in [-0.39, 0.29) is 0 Å². The number of halogens is 1. The van der Waals surface area contributed by atoms with Crippen LogP contribution in [0.2, 0.25) is 0 Å². The van der Waals surface area contributed by atoms with Crippen LogP contribution in [0, 0.1) is 0 Å². The van der Waals surface area contributed by atoms with Gasteiger partial charge in [0.2, 0.25) is 0 Å². The van der Waals surface area contributed by atoms with Crippen LogP contribution in [0.5, 0.6) is 0 Å². The Hall–Kier alpha value is -1.12. The van der Waals surface area contributed by atoms with E-state index in [1.165, 1.54) is 0 Å². The fourth-order valence-corrected chi connectivity index (χ4v) is 2.04. The third-order valence-electron chi connectivity index (χ3n) is 2.15. The molecule has 0 aliphatic heterocycles. The molecule has 0 fully saturated rings. The highest BCUT2D eigenvalue weighted by Gasteiger charge is 2.00. The van der Waals surface area contributed by atoms with Crippen LogP contribution in [0.1, 0.15) is 0 Å². The summed E-state index contributed by atoms with van der Waals surface area (Å²) < 4.78 is 11.0. The maximum atomic E-state index is 11.0. The van der Waals surface area contributed by atoms with Gasteiger partial charge in [0, 0.05) is 0 Å². The van der Waals surface area contributed by atoms with Crippen LogP contribution >= 0.6 is 10.7 Å². The summed E-state index contributed by atoms with van der Waals surface area (Å²) in [7, 11) is 4.05. The molecule has 2 rings (SSSR count). The topological polar surface area (TPSA) is 17.1 Å². The van der Waals surface area contributed by atoms with Crippen LogP contribution < -0.4 is 0 Å². The summed E-state index contributed by atoms with van der Waals surface area (Å²) in [4.78, 5) is 0.636. The normalized spacial score (nSPS) is 12.3. The van der Waals surface area contributed by atoms with Gasteiger partial charge in [0.25, 0.3) is 0 Å². The van der Waals surface area contributed by atoms with Crippen LogP contribution in [-0.2, 0) is 10.0 Å². The van der Waals surface area contributed by atoms with Crippen molar-refractivity contribution in [2.45, 2.75) is 4.90 Å². The first-order valence-electron chi connectivity index (χ1n) is 4.51. The van der Waals surface area contributed by atoms with Crippen molar-refractivity contribution >= 4 is 20.7 Å². The minimum absolute atomic E-state index is 0.636. The van der Waals surface area contributed by atoms with Gasteiger partial charge < -0.3 is 0 Å². The van der Waals surface area contributed by atoms with Gasteiger partial charge in [-0.25, -0.2) is 4.21 Å². The molecule has 1 unspecified atom stereocenters. The monoisotopic (exact) mass is 236 g/mol. The van der Waals surface area contributed by atoms with Crippen LogP contribution in [0.25, 0.3) is 11.1 Å². The van der Waals surface area contributed by atoms with Crippen molar-refractivity contribution in [1.29, 1.82) is 0 Å². The Morgan fingerprint density at radius 1 is 0.800 bits per heavy atom. The molecule has 2 aromatic carbocycles. The van der Waals surface area contributed by atoms with E-state index >= 15 is 0 Å². The molecule has 0 saturated heterocycles. The van der Waals surface area contributed by atoms with Gasteiger partial charge in [-0.2, -0.15) is 0 Å². The molecule has 0 radical (unpaired) electrons. The molecule has 0 N–H and O–H groups in total. The Morgan fingerprint density at radius 2 is 1.33 bits per heavy atom. The second kappa shape index (κ2) is 4.60. The minimum Gasteiger partial charge on any atom is -0.237 e. The van der Waals surface area contributed by atoms with E-state index < -0.39 is 10.0 Å². The number of benzene rings is 2. The van der Waals surface area contributed by atoms with E-state index in [0.717, 1.165) is 11.1 Å². The average Bonchev–Trinajstić information content (AvgIpc) is 2.30. The second-order valence-corrected chi connectivity index (χ2v) is 4.87. The summed E-state index contributed by atoms with van der Waals surface area (Å²) in [5.41, 5.74) is 2.24. The highest BCUT2D eigenvalue weighted by molar-refractivity contribution is 8.08. The van der Waals surface area contributed by atoms with Crippen LogP contribution in [-0.4, -0.2) is 4.21 Å². The lowest BCUT2D eigenvalue weighted by Crippen LogP contribution is -1.82. The molecule has 0 aliphatic carbocycles. The van der Waals surface area contributed by atoms with Crippen LogP contribution in [0.15, 0.2) is 59.5 Å². The molecular formula is C12H9ClOS.